The van der Waals surface area contributed by atoms with Gasteiger partial charge in [-0.2, -0.15) is 4.98 Å². The molecule has 0 aliphatic rings. The SMILES string of the molecule is Nc1ccc(Cc2nc(C(c3ccccc3)c3ccccc3)no2)nc1. The van der Waals surface area contributed by atoms with Crippen molar-refractivity contribution in [2.75, 3.05) is 5.73 Å². The molecule has 128 valence electrons. The molecule has 0 spiro atoms. The Morgan fingerprint density at radius 3 is 2.08 bits per heavy atom. The Hall–Kier alpha value is -3.47. The number of nitrogen functional groups attached to an aromatic ring is 1. The number of hydrogen-bond acceptors (Lipinski definition) is 5. The van der Waals surface area contributed by atoms with Gasteiger partial charge < -0.3 is 10.3 Å². The molecule has 0 radical (unpaired) electrons. The van der Waals surface area contributed by atoms with Crippen molar-refractivity contribution in [1.82, 2.24) is 15.1 Å². The fourth-order valence-electron chi connectivity index (χ4n) is 2.93. The van der Waals surface area contributed by atoms with Crippen LogP contribution in [0.15, 0.2) is 83.5 Å². The van der Waals surface area contributed by atoms with Crippen molar-refractivity contribution in [1.29, 1.82) is 0 Å². The molecular formula is C21H18N4O. The topological polar surface area (TPSA) is 77.8 Å². The molecule has 2 N–H and O–H groups in total. The van der Waals surface area contributed by atoms with Gasteiger partial charge in [0.15, 0.2) is 5.82 Å². The third-order valence-corrected chi connectivity index (χ3v) is 4.19. The maximum Gasteiger partial charge on any atom is 0.232 e. The minimum atomic E-state index is -0.0747. The van der Waals surface area contributed by atoms with Crippen molar-refractivity contribution in [3.8, 4) is 0 Å². The molecule has 2 aromatic heterocycles. The zero-order chi connectivity index (χ0) is 17.8. The second-order valence-corrected chi connectivity index (χ2v) is 6.06. The smallest absolute Gasteiger partial charge is 0.232 e. The number of benzene rings is 2. The average Bonchev–Trinajstić information content (AvgIpc) is 3.13. The van der Waals surface area contributed by atoms with Gasteiger partial charge in [0, 0.05) is 5.69 Å². The molecule has 0 aliphatic heterocycles. The fourth-order valence-corrected chi connectivity index (χ4v) is 2.93. The Morgan fingerprint density at radius 2 is 1.50 bits per heavy atom. The van der Waals surface area contributed by atoms with E-state index >= 15 is 0 Å². The van der Waals surface area contributed by atoms with Gasteiger partial charge in [0.05, 0.1) is 24.2 Å². The summed E-state index contributed by atoms with van der Waals surface area (Å²) in [7, 11) is 0. The Balaban J connectivity index is 1.67. The summed E-state index contributed by atoms with van der Waals surface area (Å²) >= 11 is 0. The van der Waals surface area contributed by atoms with Crippen molar-refractivity contribution >= 4 is 5.69 Å². The number of hydrogen-bond donors (Lipinski definition) is 1. The Labute approximate surface area is 151 Å². The second kappa shape index (κ2) is 7.19. The Morgan fingerprint density at radius 1 is 0.846 bits per heavy atom. The van der Waals surface area contributed by atoms with Gasteiger partial charge in [-0.05, 0) is 23.3 Å². The summed E-state index contributed by atoms with van der Waals surface area (Å²) in [5.41, 5.74) is 9.39. The molecule has 0 amide bonds. The van der Waals surface area contributed by atoms with Crippen LogP contribution in [0.25, 0.3) is 0 Å². The number of pyridine rings is 1. The Bertz CT molecular complexity index is 926. The number of nitrogens with zero attached hydrogens (tertiary/aromatic N) is 3. The maximum absolute atomic E-state index is 5.68. The van der Waals surface area contributed by atoms with Crippen molar-refractivity contribution in [3.63, 3.8) is 0 Å². The molecule has 4 rings (SSSR count). The first kappa shape index (κ1) is 16.0. The van der Waals surface area contributed by atoms with Gasteiger partial charge in [-0.25, -0.2) is 0 Å². The molecule has 5 heteroatoms. The van der Waals surface area contributed by atoms with E-state index in [1.165, 1.54) is 0 Å². The molecule has 26 heavy (non-hydrogen) atoms. The summed E-state index contributed by atoms with van der Waals surface area (Å²) < 4.78 is 5.49. The normalized spacial score (nSPS) is 11.0. The van der Waals surface area contributed by atoms with Crippen LogP contribution in [0.1, 0.15) is 34.5 Å². The highest BCUT2D eigenvalue weighted by molar-refractivity contribution is 5.38. The van der Waals surface area contributed by atoms with Crippen LogP contribution in [0.2, 0.25) is 0 Å². The third-order valence-electron chi connectivity index (χ3n) is 4.19. The van der Waals surface area contributed by atoms with Crippen LogP contribution in [-0.2, 0) is 6.42 Å². The molecule has 2 heterocycles. The molecule has 0 saturated heterocycles. The summed E-state index contributed by atoms with van der Waals surface area (Å²) in [6, 6.07) is 24.1. The van der Waals surface area contributed by atoms with E-state index in [2.05, 4.69) is 39.4 Å². The van der Waals surface area contributed by atoms with Gasteiger partial charge in [0.1, 0.15) is 0 Å². The van der Waals surface area contributed by atoms with Gasteiger partial charge in [-0.3, -0.25) is 4.98 Å². The summed E-state index contributed by atoms with van der Waals surface area (Å²) in [6.45, 7) is 0. The lowest BCUT2D eigenvalue weighted by Crippen LogP contribution is -2.05. The molecule has 5 nitrogen and oxygen atoms in total. The molecule has 2 aromatic carbocycles. The molecule has 0 aliphatic carbocycles. The van der Waals surface area contributed by atoms with Crippen LogP contribution in [0, 0.1) is 0 Å². The number of anilines is 1. The van der Waals surface area contributed by atoms with Gasteiger partial charge in [-0.15, -0.1) is 0 Å². The molecular weight excluding hydrogens is 324 g/mol. The van der Waals surface area contributed by atoms with E-state index in [4.69, 9.17) is 10.3 Å². The number of aromatic nitrogens is 3. The van der Waals surface area contributed by atoms with Crippen LogP contribution in [0.3, 0.4) is 0 Å². The lowest BCUT2D eigenvalue weighted by molar-refractivity contribution is 0.378. The molecule has 0 atom stereocenters. The predicted molar refractivity (Wildman–Crippen MR) is 99.6 cm³/mol. The summed E-state index contributed by atoms with van der Waals surface area (Å²) in [4.78, 5) is 8.92. The highest BCUT2D eigenvalue weighted by atomic mass is 16.5. The van der Waals surface area contributed by atoms with Crippen LogP contribution in [0.4, 0.5) is 5.69 Å². The second-order valence-electron chi connectivity index (χ2n) is 6.06. The number of rotatable bonds is 5. The molecule has 0 fully saturated rings. The quantitative estimate of drug-likeness (QED) is 0.596. The van der Waals surface area contributed by atoms with Crippen LogP contribution >= 0.6 is 0 Å². The van der Waals surface area contributed by atoms with E-state index in [0.29, 0.717) is 23.8 Å². The summed E-state index contributed by atoms with van der Waals surface area (Å²) in [5.74, 6) is 1.11. The first-order valence-corrected chi connectivity index (χ1v) is 8.42. The molecule has 4 aromatic rings. The fraction of sp³-hybridized carbons (Fsp3) is 0.0952. The van der Waals surface area contributed by atoms with E-state index in [-0.39, 0.29) is 5.92 Å². The van der Waals surface area contributed by atoms with E-state index in [9.17, 15) is 0 Å². The van der Waals surface area contributed by atoms with E-state index < -0.39 is 0 Å². The van der Waals surface area contributed by atoms with Crippen molar-refractivity contribution < 1.29 is 4.52 Å². The minimum absolute atomic E-state index is 0.0747. The molecule has 0 saturated carbocycles. The minimum Gasteiger partial charge on any atom is -0.397 e. The van der Waals surface area contributed by atoms with Gasteiger partial charge in [0.25, 0.3) is 0 Å². The van der Waals surface area contributed by atoms with Gasteiger partial charge in [-0.1, -0.05) is 65.8 Å². The highest BCUT2D eigenvalue weighted by Crippen LogP contribution is 2.30. The van der Waals surface area contributed by atoms with E-state index in [0.717, 1.165) is 16.8 Å². The monoisotopic (exact) mass is 342 g/mol. The summed E-state index contributed by atoms with van der Waals surface area (Å²) in [5, 5.41) is 4.24. The van der Waals surface area contributed by atoms with E-state index in [1.807, 2.05) is 48.5 Å². The van der Waals surface area contributed by atoms with Gasteiger partial charge in [0.2, 0.25) is 5.89 Å². The maximum atomic E-state index is 5.68. The zero-order valence-electron chi connectivity index (χ0n) is 14.1. The van der Waals surface area contributed by atoms with Crippen molar-refractivity contribution in [2.24, 2.45) is 0 Å². The summed E-state index contributed by atoms with van der Waals surface area (Å²) in [6.07, 6.45) is 2.10. The van der Waals surface area contributed by atoms with Crippen molar-refractivity contribution in [2.45, 2.75) is 12.3 Å². The Kier molecular flexibility index (Phi) is 4.43. The average molecular weight is 342 g/mol. The largest absolute Gasteiger partial charge is 0.397 e. The molecule has 0 bridgehead atoms. The first-order valence-electron chi connectivity index (χ1n) is 8.42. The highest BCUT2D eigenvalue weighted by Gasteiger charge is 2.22. The van der Waals surface area contributed by atoms with Crippen molar-refractivity contribution in [3.05, 3.63) is 108 Å². The van der Waals surface area contributed by atoms with Gasteiger partial charge >= 0.3 is 0 Å². The lowest BCUT2D eigenvalue weighted by Gasteiger charge is -2.14. The first-order chi connectivity index (χ1) is 12.8. The van der Waals surface area contributed by atoms with Crippen LogP contribution in [0.5, 0.6) is 0 Å². The third kappa shape index (κ3) is 3.47. The van der Waals surface area contributed by atoms with Crippen LogP contribution in [-0.4, -0.2) is 15.1 Å². The zero-order valence-corrected chi connectivity index (χ0v) is 14.1. The van der Waals surface area contributed by atoms with E-state index in [1.54, 1.807) is 6.20 Å². The number of nitrogens with two attached hydrogens (primary N) is 1. The lowest BCUT2D eigenvalue weighted by atomic mass is 9.91. The molecule has 0 unspecified atom stereocenters. The predicted octanol–water partition coefficient (Wildman–Crippen LogP) is 3.82. The standard InChI is InChI=1S/C21H18N4O/c22-17-11-12-18(23-14-17)13-19-24-21(25-26-19)20(15-7-3-1-4-8-15)16-9-5-2-6-10-16/h1-12,14,20H,13,22H2. The van der Waals surface area contributed by atoms with Crippen LogP contribution < -0.4 is 5.73 Å².